The summed E-state index contributed by atoms with van der Waals surface area (Å²) in [5.41, 5.74) is 2.40. The van der Waals surface area contributed by atoms with Gasteiger partial charge < -0.3 is 14.1 Å². The molecule has 0 fully saturated rings. The molecule has 0 N–H and O–H groups in total. The van der Waals surface area contributed by atoms with Crippen LogP contribution in [0.3, 0.4) is 0 Å². The number of ether oxygens (including phenoxy) is 1. The monoisotopic (exact) mass is 234 g/mol. The van der Waals surface area contributed by atoms with E-state index in [1.54, 1.807) is 11.8 Å². The standard InChI is InChI=1S/C12H14N2O3/c1-3-16-12(15)7-14(2)9-4-5-10-11(6-9)17-8-13-10/h4-6,8H,3,7H2,1-2H3. The minimum absolute atomic E-state index is 0.216. The number of benzene rings is 1. The van der Waals surface area contributed by atoms with Crippen LogP contribution in [0.2, 0.25) is 0 Å². The van der Waals surface area contributed by atoms with E-state index in [9.17, 15) is 4.79 Å². The average Bonchev–Trinajstić information content (AvgIpc) is 2.75. The lowest BCUT2D eigenvalue weighted by Crippen LogP contribution is -2.26. The number of anilines is 1. The van der Waals surface area contributed by atoms with E-state index < -0.39 is 0 Å². The fraction of sp³-hybridized carbons (Fsp3) is 0.333. The molecule has 0 saturated carbocycles. The molecule has 5 nitrogen and oxygen atoms in total. The summed E-state index contributed by atoms with van der Waals surface area (Å²) in [7, 11) is 1.83. The van der Waals surface area contributed by atoms with Crippen molar-refractivity contribution >= 4 is 22.8 Å². The summed E-state index contributed by atoms with van der Waals surface area (Å²) in [4.78, 5) is 17.2. The van der Waals surface area contributed by atoms with Crippen LogP contribution in [-0.4, -0.2) is 31.2 Å². The van der Waals surface area contributed by atoms with E-state index in [-0.39, 0.29) is 12.5 Å². The molecular weight excluding hydrogens is 220 g/mol. The van der Waals surface area contributed by atoms with E-state index in [1.807, 2.05) is 25.2 Å². The van der Waals surface area contributed by atoms with Crippen molar-refractivity contribution in [1.29, 1.82) is 0 Å². The molecule has 1 aromatic heterocycles. The quantitative estimate of drug-likeness (QED) is 0.755. The number of esters is 1. The summed E-state index contributed by atoms with van der Waals surface area (Å²) in [6.45, 7) is 2.40. The third-order valence-corrected chi connectivity index (χ3v) is 2.43. The molecule has 5 heteroatoms. The number of likely N-dealkylation sites (N-methyl/N-ethyl adjacent to an activating group) is 1. The predicted octanol–water partition coefficient (Wildman–Crippen LogP) is 1.83. The smallest absolute Gasteiger partial charge is 0.325 e. The second-order valence-corrected chi connectivity index (χ2v) is 3.67. The molecule has 17 heavy (non-hydrogen) atoms. The predicted molar refractivity (Wildman–Crippen MR) is 63.9 cm³/mol. The molecule has 0 spiro atoms. The molecule has 0 bridgehead atoms. The summed E-state index contributed by atoms with van der Waals surface area (Å²) < 4.78 is 10.1. The number of rotatable bonds is 4. The van der Waals surface area contributed by atoms with Gasteiger partial charge in [0.25, 0.3) is 0 Å². The first-order valence-corrected chi connectivity index (χ1v) is 5.40. The van der Waals surface area contributed by atoms with Crippen LogP contribution in [-0.2, 0) is 9.53 Å². The Labute approximate surface area is 99.0 Å². The van der Waals surface area contributed by atoms with E-state index in [1.165, 1.54) is 6.39 Å². The Morgan fingerprint density at radius 3 is 3.12 bits per heavy atom. The van der Waals surface area contributed by atoms with Crippen molar-refractivity contribution < 1.29 is 13.9 Å². The highest BCUT2D eigenvalue weighted by Gasteiger charge is 2.09. The van der Waals surface area contributed by atoms with Crippen LogP contribution in [0, 0.1) is 0 Å². The molecule has 1 aromatic carbocycles. The van der Waals surface area contributed by atoms with E-state index in [0.717, 1.165) is 11.2 Å². The van der Waals surface area contributed by atoms with Gasteiger partial charge in [-0.15, -0.1) is 0 Å². The highest BCUT2D eigenvalue weighted by atomic mass is 16.5. The molecule has 0 radical (unpaired) electrons. The Hall–Kier alpha value is -2.04. The zero-order valence-corrected chi connectivity index (χ0v) is 9.84. The molecule has 0 aliphatic heterocycles. The average molecular weight is 234 g/mol. The summed E-state index contributed by atoms with van der Waals surface area (Å²) >= 11 is 0. The molecule has 1 heterocycles. The van der Waals surface area contributed by atoms with Crippen LogP contribution in [0.15, 0.2) is 29.0 Å². The van der Waals surface area contributed by atoms with Crippen molar-refractivity contribution in [3.05, 3.63) is 24.6 Å². The summed E-state index contributed by atoms with van der Waals surface area (Å²) in [5, 5.41) is 0. The van der Waals surface area contributed by atoms with Crippen LogP contribution >= 0.6 is 0 Å². The lowest BCUT2D eigenvalue weighted by Gasteiger charge is -2.17. The Bertz CT molecular complexity index is 521. The molecular formula is C12H14N2O3. The highest BCUT2D eigenvalue weighted by molar-refractivity contribution is 5.80. The highest BCUT2D eigenvalue weighted by Crippen LogP contribution is 2.20. The van der Waals surface area contributed by atoms with Crippen LogP contribution in [0.5, 0.6) is 0 Å². The van der Waals surface area contributed by atoms with Gasteiger partial charge in [-0.1, -0.05) is 0 Å². The lowest BCUT2D eigenvalue weighted by molar-refractivity contribution is -0.141. The van der Waals surface area contributed by atoms with E-state index in [0.29, 0.717) is 12.2 Å². The van der Waals surface area contributed by atoms with Gasteiger partial charge in [0.1, 0.15) is 12.1 Å². The van der Waals surface area contributed by atoms with E-state index >= 15 is 0 Å². The minimum Gasteiger partial charge on any atom is -0.465 e. The Kier molecular flexibility index (Phi) is 3.27. The molecule has 0 aliphatic rings. The van der Waals surface area contributed by atoms with Gasteiger partial charge in [-0.25, -0.2) is 4.98 Å². The maximum Gasteiger partial charge on any atom is 0.325 e. The SMILES string of the molecule is CCOC(=O)CN(C)c1ccc2ncoc2c1. The number of oxazole rings is 1. The largest absolute Gasteiger partial charge is 0.465 e. The molecule has 0 saturated heterocycles. The van der Waals surface area contributed by atoms with Crippen molar-refractivity contribution in [3.8, 4) is 0 Å². The first kappa shape index (κ1) is 11.4. The van der Waals surface area contributed by atoms with E-state index in [2.05, 4.69) is 4.98 Å². The number of fused-ring (bicyclic) bond motifs is 1. The minimum atomic E-state index is -0.243. The fourth-order valence-corrected chi connectivity index (χ4v) is 1.57. The molecule has 2 rings (SSSR count). The van der Waals surface area contributed by atoms with Gasteiger partial charge in [0.2, 0.25) is 0 Å². The van der Waals surface area contributed by atoms with Crippen molar-refractivity contribution in [1.82, 2.24) is 4.98 Å². The fourth-order valence-electron chi connectivity index (χ4n) is 1.57. The number of hydrogen-bond acceptors (Lipinski definition) is 5. The van der Waals surface area contributed by atoms with Crippen molar-refractivity contribution in [2.24, 2.45) is 0 Å². The number of aromatic nitrogens is 1. The molecule has 0 unspecified atom stereocenters. The Morgan fingerprint density at radius 2 is 2.35 bits per heavy atom. The number of hydrogen-bond donors (Lipinski definition) is 0. The third kappa shape index (κ3) is 2.55. The zero-order valence-electron chi connectivity index (χ0n) is 9.84. The summed E-state index contributed by atoms with van der Waals surface area (Å²) in [6, 6.07) is 5.60. The molecule has 90 valence electrons. The van der Waals surface area contributed by atoms with Gasteiger partial charge in [0, 0.05) is 18.8 Å². The number of carbonyl (C=O) groups excluding carboxylic acids is 1. The number of carbonyl (C=O) groups is 1. The second-order valence-electron chi connectivity index (χ2n) is 3.67. The first-order valence-electron chi connectivity index (χ1n) is 5.40. The van der Waals surface area contributed by atoms with Crippen molar-refractivity contribution in [2.75, 3.05) is 25.1 Å². The summed E-state index contributed by atoms with van der Waals surface area (Å²) in [6.07, 6.45) is 1.40. The van der Waals surface area contributed by atoms with Crippen LogP contribution in [0.4, 0.5) is 5.69 Å². The Morgan fingerprint density at radius 1 is 1.53 bits per heavy atom. The van der Waals surface area contributed by atoms with Gasteiger partial charge in [-0.2, -0.15) is 0 Å². The first-order chi connectivity index (χ1) is 8.20. The van der Waals surface area contributed by atoms with Crippen LogP contribution in [0.1, 0.15) is 6.92 Å². The lowest BCUT2D eigenvalue weighted by atomic mass is 10.2. The molecule has 0 amide bonds. The van der Waals surface area contributed by atoms with Crippen molar-refractivity contribution in [2.45, 2.75) is 6.92 Å². The van der Waals surface area contributed by atoms with Gasteiger partial charge >= 0.3 is 5.97 Å². The molecule has 0 aliphatic carbocycles. The van der Waals surface area contributed by atoms with Gasteiger partial charge in [0.15, 0.2) is 12.0 Å². The zero-order chi connectivity index (χ0) is 12.3. The van der Waals surface area contributed by atoms with Gasteiger partial charge in [-0.3, -0.25) is 4.79 Å². The van der Waals surface area contributed by atoms with Gasteiger partial charge in [-0.05, 0) is 19.1 Å². The topological polar surface area (TPSA) is 55.6 Å². The Balaban J connectivity index is 2.12. The maximum atomic E-state index is 11.3. The van der Waals surface area contributed by atoms with Gasteiger partial charge in [0.05, 0.1) is 6.61 Å². The van der Waals surface area contributed by atoms with Crippen LogP contribution in [0.25, 0.3) is 11.1 Å². The molecule has 0 atom stereocenters. The number of nitrogens with zero attached hydrogens (tertiary/aromatic N) is 2. The second kappa shape index (κ2) is 4.86. The third-order valence-electron chi connectivity index (χ3n) is 2.43. The van der Waals surface area contributed by atoms with Crippen molar-refractivity contribution in [3.63, 3.8) is 0 Å². The summed E-state index contributed by atoms with van der Waals surface area (Å²) in [5.74, 6) is -0.243. The van der Waals surface area contributed by atoms with E-state index in [4.69, 9.17) is 9.15 Å². The normalized spacial score (nSPS) is 10.5. The molecule has 2 aromatic rings. The van der Waals surface area contributed by atoms with Crippen LogP contribution < -0.4 is 4.90 Å². The maximum absolute atomic E-state index is 11.3.